The van der Waals surface area contributed by atoms with Crippen LogP contribution in [0.25, 0.3) is 0 Å². The van der Waals surface area contributed by atoms with Crippen LogP contribution in [-0.4, -0.2) is 77.7 Å². The highest BCUT2D eigenvalue weighted by Gasteiger charge is 2.48. The third kappa shape index (κ3) is 5.29. The second-order valence-corrected chi connectivity index (χ2v) is 9.66. The van der Waals surface area contributed by atoms with Gasteiger partial charge in [0.1, 0.15) is 5.54 Å². The standard InChI is InChI=1S/C26H31N5O5/c1-26(10-9-19-5-3-2-4-6-19)24(33)31(25(34)27-26)28-23(32)17-30-13-11-29(12-14-30)16-20-7-8-21-22(15-20)36-18-35-21/h2-8,15H,9-14,16-18H2,1H3,(H,27,34)(H,28,32)/t26-/m1/s1. The Bertz CT molecular complexity index is 1130. The molecule has 0 spiro atoms. The Morgan fingerprint density at radius 1 is 0.972 bits per heavy atom. The summed E-state index contributed by atoms with van der Waals surface area (Å²) in [4.78, 5) is 42.4. The van der Waals surface area contributed by atoms with Gasteiger partial charge in [0.05, 0.1) is 6.54 Å². The maximum Gasteiger partial charge on any atom is 0.344 e. The van der Waals surface area contributed by atoms with Crippen molar-refractivity contribution in [3.05, 3.63) is 59.7 Å². The number of hydrogen-bond donors (Lipinski definition) is 2. The zero-order valence-corrected chi connectivity index (χ0v) is 20.4. The highest BCUT2D eigenvalue weighted by atomic mass is 16.7. The van der Waals surface area contributed by atoms with Crippen LogP contribution in [-0.2, 0) is 22.6 Å². The van der Waals surface area contributed by atoms with Crippen molar-refractivity contribution in [2.45, 2.75) is 31.8 Å². The SMILES string of the molecule is C[C@]1(CCc2ccccc2)NC(=O)N(NC(=O)CN2CCN(Cc3ccc4c(c3)OCO4)CC2)C1=O. The molecule has 0 radical (unpaired) electrons. The van der Waals surface area contributed by atoms with Gasteiger partial charge in [0.25, 0.3) is 11.8 Å². The number of benzene rings is 2. The molecule has 0 bridgehead atoms. The van der Waals surface area contributed by atoms with Crippen LogP contribution in [0.1, 0.15) is 24.5 Å². The topological polar surface area (TPSA) is 103 Å². The third-order valence-corrected chi connectivity index (χ3v) is 6.93. The summed E-state index contributed by atoms with van der Waals surface area (Å²) in [5, 5.41) is 3.56. The van der Waals surface area contributed by atoms with Crippen molar-refractivity contribution in [2.75, 3.05) is 39.5 Å². The summed E-state index contributed by atoms with van der Waals surface area (Å²) in [6.07, 6.45) is 1.08. The Balaban J connectivity index is 1.07. The molecule has 0 saturated carbocycles. The van der Waals surface area contributed by atoms with Crippen LogP contribution in [0.5, 0.6) is 11.5 Å². The largest absolute Gasteiger partial charge is 0.454 e. The van der Waals surface area contributed by atoms with E-state index in [0.717, 1.165) is 47.3 Å². The van der Waals surface area contributed by atoms with E-state index in [-0.39, 0.29) is 19.2 Å². The van der Waals surface area contributed by atoms with Crippen molar-refractivity contribution in [1.82, 2.24) is 25.6 Å². The van der Waals surface area contributed by atoms with Gasteiger partial charge in [-0.3, -0.25) is 24.8 Å². The van der Waals surface area contributed by atoms with Crippen LogP contribution < -0.4 is 20.2 Å². The number of rotatable bonds is 8. The predicted molar refractivity (Wildman–Crippen MR) is 131 cm³/mol. The summed E-state index contributed by atoms with van der Waals surface area (Å²) in [5.41, 5.74) is 3.69. The number of urea groups is 1. The molecule has 5 rings (SSSR count). The van der Waals surface area contributed by atoms with Gasteiger partial charge in [-0.15, -0.1) is 0 Å². The third-order valence-electron chi connectivity index (χ3n) is 6.93. The zero-order valence-electron chi connectivity index (χ0n) is 20.4. The average molecular weight is 494 g/mol. The second kappa shape index (κ2) is 10.2. The van der Waals surface area contributed by atoms with Crippen molar-refractivity contribution in [1.29, 1.82) is 0 Å². The van der Waals surface area contributed by atoms with Crippen LogP contribution in [0, 0.1) is 0 Å². The molecule has 3 heterocycles. The van der Waals surface area contributed by atoms with Crippen LogP contribution in [0.4, 0.5) is 4.79 Å². The average Bonchev–Trinajstić information content (AvgIpc) is 3.43. The lowest BCUT2D eigenvalue weighted by Gasteiger charge is -2.34. The molecular weight excluding hydrogens is 462 g/mol. The number of nitrogens with zero attached hydrogens (tertiary/aromatic N) is 3. The molecule has 2 N–H and O–H groups in total. The summed E-state index contributed by atoms with van der Waals surface area (Å²) >= 11 is 0. The molecule has 0 aliphatic carbocycles. The van der Waals surface area contributed by atoms with E-state index in [2.05, 4.69) is 15.6 Å². The normalized spacial score (nSPS) is 22.1. The second-order valence-electron chi connectivity index (χ2n) is 9.66. The summed E-state index contributed by atoms with van der Waals surface area (Å²) in [5.74, 6) is 0.732. The van der Waals surface area contributed by atoms with E-state index in [9.17, 15) is 14.4 Å². The molecule has 2 aromatic carbocycles. The van der Waals surface area contributed by atoms with E-state index in [4.69, 9.17) is 9.47 Å². The molecule has 4 amide bonds. The first-order chi connectivity index (χ1) is 17.4. The molecule has 1 atom stereocenters. The summed E-state index contributed by atoms with van der Waals surface area (Å²) in [7, 11) is 0. The molecule has 36 heavy (non-hydrogen) atoms. The van der Waals surface area contributed by atoms with Crippen LogP contribution >= 0.6 is 0 Å². The highest BCUT2D eigenvalue weighted by molar-refractivity contribution is 6.07. The van der Waals surface area contributed by atoms with Gasteiger partial charge < -0.3 is 14.8 Å². The maximum absolute atomic E-state index is 13.0. The van der Waals surface area contributed by atoms with Gasteiger partial charge in [0, 0.05) is 32.7 Å². The van der Waals surface area contributed by atoms with Gasteiger partial charge in [0.2, 0.25) is 6.79 Å². The predicted octanol–water partition coefficient (Wildman–Crippen LogP) is 1.51. The van der Waals surface area contributed by atoms with Crippen molar-refractivity contribution in [3.63, 3.8) is 0 Å². The number of nitrogens with one attached hydrogen (secondary N) is 2. The molecule has 190 valence electrons. The number of imide groups is 1. The molecule has 0 aromatic heterocycles. The van der Waals surface area contributed by atoms with Gasteiger partial charge in [-0.25, -0.2) is 4.79 Å². The number of fused-ring (bicyclic) bond motifs is 1. The summed E-state index contributed by atoms with van der Waals surface area (Å²) < 4.78 is 10.8. The first-order valence-electron chi connectivity index (χ1n) is 12.2. The maximum atomic E-state index is 13.0. The van der Waals surface area contributed by atoms with Crippen molar-refractivity contribution in [2.24, 2.45) is 0 Å². The number of ether oxygens (including phenoxy) is 2. The fourth-order valence-electron chi connectivity index (χ4n) is 4.76. The van der Waals surface area contributed by atoms with Gasteiger partial charge in [-0.2, -0.15) is 5.01 Å². The van der Waals surface area contributed by atoms with Gasteiger partial charge >= 0.3 is 6.03 Å². The Kier molecular flexibility index (Phi) is 6.80. The number of carbonyl (C=O) groups excluding carboxylic acids is 3. The fraction of sp³-hybridized carbons (Fsp3) is 0.423. The Hall–Kier alpha value is -3.63. The number of hydrazine groups is 1. The Labute approximate surface area is 210 Å². The molecule has 10 heteroatoms. The molecular formula is C26H31N5O5. The van der Waals surface area contributed by atoms with Crippen molar-refractivity contribution >= 4 is 17.8 Å². The lowest BCUT2D eigenvalue weighted by Crippen LogP contribution is -2.53. The Morgan fingerprint density at radius 3 is 2.47 bits per heavy atom. The van der Waals surface area contributed by atoms with Gasteiger partial charge in [-0.05, 0) is 43.0 Å². The van der Waals surface area contributed by atoms with E-state index in [1.165, 1.54) is 0 Å². The van der Waals surface area contributed by atoms with E-state index >= 15 is 0 Å². The van der Waals surface area contributed by atoms with E-state index in [1.807, 2.05) is 53.4 Å². The number of carbonyl (C=O) groups is 3. The molecule has 2 fully saturated rings. The smallest absolute Gasteiger partial charge is 0.344 e. The minimum atomic E-state index is -1.06. The van der Waals surface area contributed by atoms with Crippen molar-refractivity contribution < 1.29 is 23.9 Å². The lowest BCUT2D eigenvalue weighted by atomic mass is 9.93. The van der Waals surface area contributed by atoms with Gasteiger partial charge in [-0.1, -0.05) is 36.4 Å². The first kappa shape index (κ1) is 24.1. The van der Waals surface area contributed by atoms with E-state index in [0.29, 0.717) is 25.9 Å². The fourth-order valence-corrected chi connectivity index (χ4v) is 4.76. The van der Waals surface area contributed by atoms with E-state index < -0.39 is 17.5 Å². The van der Waals surface area contributed by atoms with Crippen molar-refractivity contribution in [3.8, 4) is 11.5 Å². The summed E-state index contributed by atoms with van der Waals surface area (Å²) in [6.45, 7) is 5.92. The number of aryl methyl sites for hydroxylation is 1. The molecule has 3 aliphatic heterocycles. The quantitative estimate of drug-likeness (QED) is 0.538. The molecule has 3 aliphatic rings. The van der Waals surface area contributed by atoms with Gasteiger partial charge in [0.15, 0.2) is 11.5 Å². The van der Waals surface area contributed by atoms with Crippen LogP contribution in [0.3, 0.4) is 0 Å². The molecule has 10 nitrogen and oxygen atoms in total. The molecule has 2 aromatic rings. The Morgan fingerprint density at radius 2 is 1.69 bits per heavy atom. The first-order valence-corrected chi connectivity index (χ1v) is 12.2. The molecule has 0 unspecified atom stereocenters. The zero-order chi connectivity index (χ0) is 25.1. The molecule has 2 saturated heterocycles. The minimum absolute atomic E-state index is 0.121. The van der Waals surface area contributed by atoms with Crippen LogP contribution in [0.15, 0.2) is 48.5 Å². The summed E-state index contributed by atoms with van der Waals surface area (Å²) in [6, 6.07) is 15.2. The number of amides is 4. The number of hydrogen-bond acceptors (Lipinski definition) is 7. The van der Waals surface area contributed by atoms with Crippen LogP contribution in [0.2, 0.25) is 0 Å². The number of piperazine rings is 1. The van der Waals surface area contributed by atoms with E-state index in [1.54, 1.807) is 6.92 Å². The monoisotopic (exact) mass is 493 g/mol. The highest BCUT2D eigenvalue weighted by Crippen LogP contribution is 2.32. The minimum Gasteiger partial charge on any atom is -0.454 e. The lowest BCUT2D eigenvalue weighted by molar-refractivity contribution is -0.139.